The number of benzene rings is 1. The van der Waals surface area contributed by atoms with Gasteiger partial charge in [0.15, 0.2) is 11.5 Å². The molecule has 0 atom stereocenters. The van der Waals surface area contributed by atoms with E-state index in [-0.39, 0.29) is 12.4 Å². The molecule has 1 aromatic heterocycles. The van der Waals surface area contributed by atoms with Gasteiger partial charge in [0.25, 0.3) is 0 Å². The normalized spacial score (nSPS) is 9.83. The predicted molar refractivity (Wildman–Crippen MR) is 95.7 cm³/mol. The number of rotatable bonds is 8. The van der Waals surface area contributed by atoms with E-state index < -0.39 is 0 Å². The lowest BCUT2D eigenvalue weighted by Crippen LogP contribution is -2.12. The van der Waals surface area contributed by atoms with Crippen LogP contribution < -0.4 is 14.8 Å². The Labute approximate surface area is 147 Å². The predicted octanol–water partition coefficient (Wildman–Crippen LogP) is 4.02. The molecule has 23 heavy (non-hydrogen) atoms. The van der Waals surface area contributed by atoms with E-state index in [1.54, 1.807) is 19.4 Å². The van der Waals surface area contributed by atoms with Gasteiger partial charge in [0.1, 0.15) is 11.8 Å². The number of nitrogens with one attached hydrogen (secondary N) is 1. The van der Waals surface area contributed by atoms with Crippen molar-refractivity contribution < 1.29 is 9.47 Å². The third kappa shape index (κ3) is 6.10. The third-order valence-corrected chi connectivity index (χ3v) is 3.25. The summed E-state index contributed by atoms with van der Waals surface area (Å²) in [6.07, 6.45) is 3.53. The molecule has 2 aromatic rings. The van der Waals surface area contributed by atoms with E-state index in [0.29, 0.717) is 23.3 Å². The first-order valence-corrected chi connectivity index (χ1v) is 7.32. The van der Waals surface area contributed by atoms with E-state index in [1.165, 1.54) is 0 Å². The highest BCUT2D eigenvalue weighted by molar-refractivity contribution is 6.29. The van der Waals surface area contributed by atoms with Gasteiger partial charge in [0, 0.05) is 24.8 Å². The maximum atomic E-state index is 5.79. The summed E-state index contributed by atoms with van der Waals surface area (Å²) in [6.45, 7) is 5.61. The summed E-state index contributed by atoms with van der Waals surface area (Å²) in [7, 11) is 1.63. The zero-order valence-corrected chi connectivity index (χ0v) is 14.5. The van der Waals surface area contributed by atoms with E-state index in [4.69, 9.17) is 21.1 Å². The first-order valence-electron chi connectivity index (χ1n) is 6.94. The zero-order chi connectivity index (χ0) is 15.8. The molecule has 1 N–H and O–H groups in total. The molecule has 1 aromatic carbocycles. The van der Waals surface area contributed by atoms with Gasteiger partial charge >= 0.3 is 0 Å². The average Bonchev–Trinajstić information content (AvgIpc) is 2.55. The Morgan fingerprint density at radius 3 is 2.65 bits per heavy atom. The number of aromatic nitrogens is 1. The van der Waals surface area contributed by atoms with Gasteiger partial charge in [-0.2, -0.15) is 0 Å². The van der Waals surface area contributed by atoms with E-state index in [1.807, 2.05) is 30.3 Å². The number of nitrogens with zero attached hydrogens (tertiary/aromatic N) is 1. The van der Waals surface area contributed by atoms with Crippen LogP contribution in [-0.2, 0) is 13.2 Å². The Kier molecular flexibility index (Phi) is 8.48. The molecule has 0 saturated carbocycles. The van der Waals surface area contributed by atoms with E-state index >= 15 is 0 Å². The summed E-state index contributed by atoms with van der Waals surface area (Å²) >= 11 is 5.76. The van der Waals surface area contributed by atoms with Crippen molar-refractivity contribution in [3.63, 3.8) is 0 Å². The summed E-state index contributed by atoms with van der Waals surface area (Å²) in [5.41, 5.74) is 2.07. The fourth-order valence-corrected chi connectivity index (χ4v) is 2.02. The monoisotopic (exact) mass is 354 g/mol. The Balaban J connectivity index is 0.00000264. The molecule has 0 radical (unpaired) electrons. The average molecular weight is 355 g/mol. The molecule has 0 fully saturated rings. The highest BCUT2D eigenvalue weighted by Gasteiger charge is 2.06. The highest BCUT2D eigenvalue weighted by atomic mass is 35.5. The Morgan fingerprint density at radius 1 is 1.22 bits per heavy atom. The number of hydrogen-bond acceptors (Lipinski definition) is 4. The molecule has 1 heterocycles. The van der Waals surface area contributed by atoms with Crippen molar-refractivity contribution in [2.24, 2.45) is 0 Å². The van der Waals surface area contributed by atoms with Crippen LogP contribution in [0.25, 0.3) is 0 Å². The number of pyridine rings is 1. The molecule has 2 rings (SSSR count). The van der Waals surface area contributed by atoms with Crippen molar-refractivity contribution in [3.05, 3.63) is 65.5 Å². The van der Waals surface area contributed by atoms with Crippen LogP contribution in [0.1, 0.15) is 11.1 Å². The van der Waals surface area contributed by atoms with E-state index in [0.717, 1.165) is 24.2 Å². The summed E-state index contributed by atoms with van der Waals surface area (Å²) in [5.74, 6) is 1.41. The van der Waals surface area contributed by atoms with Gasteiger partial charge in [0.2, 0.25) is 0 Å². The van der Waals surface area contributed by atoms with Crippen LogP contribution in [0.15, 0.2) is 49.2 Å². The molecule has 6 heteroatoms. The largest absolute Gasteiger partial charge is 0.493 e. The second-order valence-corrected chi connectivity index (χ2v) is 5.07. The molecule has 0 bridgehead atoms. The first-order chi connectivity index (χ1) is 10.7. The highest BCUT2D eigenvalue weighted by Crippen LogP contribution is 2.28. The zero-order valence-electron chi connectivity index (χ0n) is 12.9. The fourth-order valence-electron chi connectivity index (χ4n) is 1.91. The van der Waals surface area contributed by atoms with Crippen molar-refractivity contribution in [2.45, 2.75) is 13.2 Å². The molecule has 124 valence electrons. The minimum atomic E-state index is 0. The Hall–Kier alpha value is -1.75. The van der Waals surface area contributed by atoms with Gasteiger partial charge in [-0.15, -0.1) is 19.0 Å². The smallest absolute Gasteiger partial charge is 0.161 e. The van der Waals surface area contributed by atoms with Gasteiger partial charge in [0.05, 0.1) is 7.11 Å². The number of halogens is 2. The van der Waals surface area contributed by atoms with E-state index in [2.05, 4.69) is 16.9 Å². The standard InChI is InChI=1S/C17H19ClN2O2.ClH/c1-3-8-19-10-13-4-6-15(16(9-13)21-2)22-12-14-5-7-17(18)20-11-14;/h3-7,9,11,19H,1,8,10,12H2,2H3;1H. The molecule has 0 unspecified atom stereocenters. The molecule has 0 saturated heterocycles. The first kappa shape index (κ1) is 19.3. The fraction of sp³-hybridized carbons (Fsp3) is 0.235. The number of ether oxygens (including phenoxy) is 2. The second kappa shape index (κ2) is 10.1. The minimum absolute atomic E-state index is 0. The van der Waals surface area contributed by atoms with Crippen molar-refractivity contribution in [2.75, 3.05) is 13.7 Å². The Bertz CT molecular complexity index is 618. The Morgan fingerprint density at radius 2 is 2.00 bits per heavy atom. The van der Waals surface area contributed by atoms with Crippen molar-refractivity contribution in [3.8, 4) is 11.5 Å². The summed E-state index contributed by atoms with van der Waals surface area (Å²) in [5, 5.41) is 3.72. The molecule has 0 aliphatic heterocycles. The molecule has 0 amide bonds. The van der Waals surface area contributed by atoms with Crippen LogP contribution in [0.4, 0.5) is 0 Å². The van der Waals surface area contributed by atoms with Crippen LogP contribution in [0.5, 0.6) is 11.5 Å². The third-order valence-electron chi connectivity index (χ3n) is 3.03. The van der Waals surface area contributed by atoms with Gasteiger partial charge in [-0.05, 0) is 23.8 Å². The van der Waals surface area contributed by atoms with Gasteiger partial charge in [-0.3, -0.25) is 0 Å². The van der Waals surface area contributed by atoms with Gasteiger partial charge in [-0.1, -0.05) is 29.8 Å². The summed E-state index contributed by atoms with van der Waals surface area (Å²) in [6, 6.07) is 9.51. The van der Waals surface area contributed by atoms with Crippen LogP contribution in [-0.4, -0.2) is 18.6 Å². The SMILES string of the molecule is C=CCNCc1ccc(OCc2ccc(Cl)nc2)c(OC)c1.Cl. The quantitative estimate of drug-likeness (QED) is 0.441. The van der Waals surface area contributed by atoms with Gasteiger partial charge in [-0.25, -0.2) is 4.98 Å². The van der Waals surface area contributed by atoms with Crippen LogP contribution in [0, 0.1) is 0 Å². The number of methoxy groups -OCH3 is 1. The van der Waals surface area contributed by atoms with Gasteiger partial charge < -0.3 is 14.8 Å². The molecule has 0 aliphatic carbocycles. The van der Waals surface area contributed by atoms with Crippen LogP contribution in [0.3, 0.4) is 0 Å². The van der Waals surface area contributed by atoms with E-state index in [9.17, 15) is 0 Å². The maximum absolute atomic E-state index is 5.79. The topological polar surface area (TPSA) is 43.4 Å². The van der Waals surface area contributed by atoms with Crippen LogP contribution in [0.2, 0.25) is 5.15 Å². The maximum Gasteiger partial charge on any atom is 0.161 e. The lowest BCUT2D eigenvalue weighted by atomic mass is 10.2. The summed E-state index contributed by atoms with van der Waals surface area (Å²) in [4.78, 5) is 4.03. The summed E-state index contributed by atoms with van der Waals surface area (Å²) < 4.78 is 11.2. The van der Waals surface area contributed by atoms with Crippen molar-refractivity contribution >= 4 is 24.0 Å². The van der Waals surface area contributed by atoms with Crippen LogP contribution >= 0.6 is 24.0 Å². The molecular formula is C17H20Cl2N2O2. The van der Waals surface area contributed by atoms with Crippen molar-refractivity contribution in [1.82, 2.24) is 10.3 Å². The molecule has 0 aliphatic rings. The van der Waals surface area contributed by atoms with Crippen molar-refractivity contribution in [1.29, 1.82) is 0 Å². The number of hydrogen-bond donors (Lipinski definition) is 1. The second-order valence-electron chi connectivity index (χ2n) is 4.68. The molecule has 4 nitrogen and oxygen atoms in total. The molecule has 0 spiro atoms. The lowest BCUT2D eigenvalue weighted by molar-refractivity contribution is 0.284. The minimum Gasteiger partial charge on any atom is -0.493 e. The lowest BCUT2D eigenvalue weighted by Gasteiger charge is -2.12. The molecular weight excluding hydrogens is 335 g/mol.